The molecule has 0 saturated heterocycles. The summed E-state index contributed by atoms with van der Waals surface area (Å²) in [6, 6.07) is 3.73. The van der Waals surface area contributed by atoms with Gasteiger partial charge in [-0.1, -0.05) is 0 Å². The lowest BCUT2D eigenvalue weighted by Crippen LogP contribution is -2.39. The maximum absolute atomic E-state index is 12.5. The van der Waals surface area contributed by atoms with Crippen molar-refractivity contribution in [3.63, 3.8) is 0 Å². The number of nitrogens with zero attached hydrogens (tertiary/aromatic N) is 5. The van der Waals surface area contributed by atoms with Gasteiger partial charge < -0.3 is 19.1 Å². The Labute approximate surface area is 155 Å². The minimum Gasteiger partial charge on any atom is -0.466 e. The van der Waals surface area contributed by atoms with Crippen LogP contribution in [-0.2, 0) is 23.8 Å². The number of tetrazole rings is 1. The molecule has 1 aliphatic rings. The van der Waals surface area contributed by atoms with E-state index in [0.717, 1.165) is 11.1 Å². The van der Waals surface area contributed by atoms with Gasteiger partial charge in [0.15, 0.2) is 0 Å². The zero-order chi connectivity index (χ0) is 19.6. The van der Waals surface area contributed by atoms with Crippen molar-refractivity contribution < 1.29 is 23.8 Å². The van der Waals surface area contributed by atoms with Crippen LogP contribution in [0.3, 0.4) is 0 Å². The smallest absolute Gasteiger partial charge is 0.355 e. The van der Waals surface area contributed by atoms with Crippen LogP contribution in [0, 0.1) is 13.8 Å². The van der Waals surface area contributed by atoms with E-state index in [4.69, 9.17) is 14.2 Å². The second-order valence-corrected chi connectivity index (χ2v) is 5.88. The van der Waals surface area contributed by atoms with Crippen molar-refractivity contribution in [3.05, 3.63) is 40.9 Å². The van der Waals surface area contributed by atoms with E-state index in [-0.39, 0.29) is 24.6 Å². The van der Waals surface area contributed by atoms with E-state index >= 15 is 0 Å². The average molecular weight is 373 g/mol. The maximum Gasteiger partial charge on any atom is 0.355 e. The van der Waals surface area contributed by atoms with Crippen LogP contribution < -0.4 is 4.90 Å². The van der Waals surface area contributed by atoms with Crippen LogP contribution in [0.15, 0.2) is 29.7 Å². The zero-order valence-electron chi connectivity index (χ0n) is 15.4. The Bertz CT molecular complexity index is 907. The molecule has 0 amide bonds. The van der Waals surface area contributed by atoms with Gasteiger partial charge in [-0.25, -0.2) is 14.3 Å². The molecule has 0 fully saturated rings. The second-order valence-electron chi connectivity index (χ2n) is 5.88. The van der Waals surface area contributed by atoms with E-state index < -0.39 is 11.9 Å². The first-order valence-corrected chi connectivity index (χ1v) is 8.07. The van der Waals surface area contributed by atoms with E-state index in [0.29, 0.717) is 11.4 Å². The molecule has 10 heteroatoms. The first-order chi connectivity index (χ1) is 13.0. The quantitative estimate of drug-likeness (QED) is 0.714. The summed E-state index contributed by atoms with van der Waals surface area (Å²) in [7, 11) is 2.50. The lowest BCUT2D eigenvalue weighted by molar-refractivity contribution is -0.140. The van der Waals surface area contributed by atoms with Crippen LogP contribution in [0.4, 0.5) is 5.69 Å². The van der Waals surface area contributed by atoms with Crippen LogP contribution in [0.1, 0.15) is 11.1 Å². The molecule has 1 aromatic carbocycles. The molecule has 0 aliphatic carbocycles. The summed E-state index contributed by atoms with van der Waals surface area (Å²) in [5.41, 5.74) is 3.41. The lowest BCUT2D eigenvalue weighted by Gasteiger charge is -2.33. The Morgan fingerprint density at radius 2 is 1.89 bits per heavy atom. The summed E-state index contributed by atoms with van der Waals surface area (Å²) in [5.74, 6) is -1.30. The number of hydrogen-bond acceptors (Lipinski definition) is 9. The van der Waals surface area contributed by atoms with Crippen molar-refractivity contribution in [2.75, 3.05) is 32.5 Å². The van der Waals surface area contributed by atoms with Crippen LogP contribution in [0.25, 0.3) is 5.69 Å². The fourth-order valence-corrected chi connectivity index (χ4v) is 2.85. The lowest BCUT2D eigenvalue weighted by atomic mass is 10.0. The van der Waals surface area contributed by atoms with Gasteiger partial charge in [0, 0.05) is 5.69 Å². The molecule has 1 aliphatic heterocycles. The van der Waals surface area contributed by atoms with E-state index in [2.05, 4.69) is 15.5 Å². The summed E-state index contributed by atoms with van der Waals surface area (Å²) in [6.07, 6.45) is 1.47. The fourth-order valence-electron chi connectivity index (χ4n) is 2.85. The molecular formula is C17H19N5O5. The molecule has 0 radical (unpaired) electrons. The molecule has 0 N–H and O–H groups in total. The Morgan fingerprint density at radius 1 is 1.15 bits per heavy atom. The molecule has 2 heterocycles. The van der Waals surface area contributed by atoms with Gasteiger partial charge in [0.2, 0.25) is 0 Å². The predicted molar refractivity (Wildman–Crippen MR) is 93.0 cm³/mol. The van der Waals surface area contributed by atoms with E-state index in [9.17, 15) is 9.59 Å². The molecule has 0 bridgehead atoms. The third-order valence-corrected chi connectivity index (χ3v) is 4.36. The predicted octanol–water partition coefficient (Wildman–Crippen LogP) is 0.673. The molecule has 1 aromatic heterocycles. The van der Waals surface area contributed by atoms with Gasteiger partial charge in [-0.15, -0.1) is 5.10 Å². The average Bonchev–Trinajstić information content (AvgIpc) is 3.23. The maximum atomic E-state index is 12.5. The topological polar surface area (TPSA) is 109 Å². The highest BCUT2D eigenvalue weighted by atomic mass is 16.5. The number of esters is 2. The van der Waals surface area contributed by atoms with Crippen LogP contribution in [0.5, 0.6) is 0 Å². The highest BCUT2D eigenvalue weighted by molar-refractivity contribution is 6.03. The third-order valence-electron chi connectivity index (χ3n) is 4.36. The van der Waals surface area contributed by atoms with Gasteiger partial charge in [0.25, 0.3) is 0 Å². The second kappa shape index (κ2) is 7.54. The summed E-state index contributed by atoms with van der Waals surface area (Å²) in [6.45, 7) is 3.87. The first kappa shape index (κ1) is 18.5. The highest BCUT2D eigenvalue weighted by Crippen LogP contribution is 2.32. The van der Waals surface area contributed by atoms with Gasteiger partial charge in [-0.3, -0.25) is 0 Å². The Morgan fingerprint density at radius 3 is 2.52 bits per heavy atom. The van der Waals surface area contributed by atoms with Crippen molar-refractivity contribution >= 4 is 17.6 Å². The number of benzene rings is 1. The molecule has 2 aromatic rings. The van der Waals surface area contributed by atoms with E-state index in [1.54, 1.807) is 4.90 Å². The Kier molecular flexibility index (Phi) is 5.17. The van der Waals surface area contributed by atoms with Crippen LogP contribution >= 0.6 is 0 Å². The molecule has 27 heavy (non-hydrogen) atoms. The summed E-state index contributed by atoms with van der Waals surface area (Å²) < 4.78 is 16.7. The summed E-state index contributed by atoms with van der Waals surface area (Å²) in [5, 5.41) is 11.2. The number of rotatable bonds is 4. The van der Waals surface area contributed by atoms with Gasteiger partial charge in [0.05, 0.1) is 32.1 Å². The van der Waals surface area contributed by atoms with Crippen molar-refractivity contribution in [2.45, 2.75) is 13.8 Å². The van der Waals surface area contributed by atoms with Crippen molar-refractivity contribution in [1.29, 1.82) is 0 Å². The minimum atomic E-state index is -0.649. The van der Waals surface area contributed by atoms with Crippen molar-refractivity contribution in [3.8, 4) is 5.69 Å². The molecule has 142 valence electrons. The molecule has 0 saturated carbocycles. The zero-order valence-corrected chi connectivity index (χ0v) is 15.4. The van der Waals surface area contributed by atoms with Crippen molar-refractivity contribution in [2.24, 2.45) is 0 Å². The number of aromatic nitrogens is 4. The molecule has 0 spiro atoms. The standard InChI is InChI=1S/C17H19N5O5/c1-10-5-12(22-8-18-19-20-22)6-14(11(10)2)21-9-27-7-13(16(23)25-3)15(21)17(24)26-4/h5-6,8H,7,9H2,1-4H3. The molecule has 0 atom stereocenters. The molecule has 10 nitrogen and oxygen atoms in total. The van der Waals surface area contributed by atoms with Crippen LogP contribution in [0.2, 0.25) is 0 Å². The van der Waals surface area contributed by atoms with E-state index in [1.165, 1.54) is 25.2 Å². The minimum absolute atomic E-state index is 0.0433. The first-order valence-electron chi connectivity index (χ1n) is 8.07. The highest BCUT2D eigenvalue weighted by Gasteiger charge is 2.33. The number of carbonyl (C=O) groups is 2. The van der Waals surface area contributed by atoms with Gasteiger partial charge >= 0.3 is 11.9 Å². The number of ether oxygens (including phenoxy) is 3. The number of aryl methyl sites for hydroxylation is 1. The molecular weight excluding hydrogens is 354 g/mol. The van der Waals surface area contributed by atoms with Crippen LogP contribution in [-0.4, -0.2) is 59.7 Å². The Hall–Kier alpha value is -3.27. The third kappa shape index (κ3) is 3.38. The number of methoxy groups -OCH3 is 2. The van der Waals surface area contributed by atoms with E-state index in [1.807, 2.05) is 26.0 Å². The SMILES string of the molecule is COC(=O)C1=C(C(=O)OC)N(c2cc(-n3cnnn3)cc(C)c2C)COC1. The monoisotopic (exact) mass is 373 g/mol. The Balaban J connectivity index is 2.19. The number of hydrogen-bond donors (Lipinski definition) is 0. The number of carbonyl (C=O) groups excluding carboxylic acids is 2. The van der Waals surface area contributed by atoms with Gasteiger partial charge in [-0.05, 0) is 47.5 Å². The molecule has 3 rings (SSSR count). The normalized spacial score (nSPS) is 14.3. The fraction of sp³-hybridized carbons (Fsp3) is 0.353. The molecule has 0 unspecified atom stereocenters. The largest absolute Gasteiger partial charge is 0.466 e. The van der Waals surface area contributed by atoms with Crippen molar-refractivity contribution in [1.82, 2.24) is 20.2 Å². The summed E-state index contributed by atoms with van der Waals surface area (Å²) in [4.78, 5) is 26.2. The van der Waals surface area contributed by atoms with Gasteiger partial charge in [0.1, 0.15) is 18.8 Å². The number of anilines is 1. The van der Waals surface area contributed by atoms with Gasteiger partial charge in [-0.2, -0.15) is 0 Å². The summed E-state index contributed by atoms with van der Waals surface area (Å²) >= 11 is 0.